The Morgan fingerprint density at radius 3 is 2.78 bits per heavy atom. The number of hydrogen-bond acceptors (Lipinski definition) is 1. The van der Waals surface area contributed by atoms with Crippen molar-refractivity contribution >= 4 is 49.4 Å². The number of halogens is 3. The van der Waals surface area contributed by atoms with Gasteiger partial charge in [0.15, 0.2) is 0 Å². The van der Waals surface area contributed by atoms with Crippen LogP contribution in [0.4, 0.5) is 0 Å². The van der Waals surface area contributed by atoms with Gasteiger partial charge in [-0.3, -0.25) is 4.79 Å². The van der Waals surface area contributed by atoms with E-state index in [0.29, 0.717) is 21.3 Å². The molecule has 0 radical (unpaired) electrons. The van der Waals surface area contributed by atoms with E-state index < -0.39 is 0 Å². The van der Waals surface area contributed by atoms with Gasteiger partial charge in [0.25, 0.3) is 5.91 Å². The van der Waals surface area contributed by atoms with Crippen LogP contribution in [0.1, 0.15) is 23.2 Å². The molecule has 18 heavy (non-hydrogen) atoms. The SMILES string of the molecule is CN(CC1CC(Br)C1)C(=O)c1cc(Cl)ccc1Br. The molecule has 1 aliphatic carbocycles. The lowest BCUT2D eigenvalue weighted by Gasteiger charge is -2.34. The Bertz CT molecular complexity index is 460. The summed E-state index contributed by atoms with van der Waals surface area (Å²) >= 11 is 12.9. The second-order valence-corrected chi connectivity index (χ2v) is 7.33. The first-order valence-electron chi connectivity index (χ1n) is 5.82. The summed E-state index contributed by atoms with van der Waals surface area (Å²) < 4.78 is 0.788. The summed E-state index contributed by atoms with van der Waals surface area (Å²) in [6, 6.07) is 5.28. The van der Waals surface area contributed by atoms with Crippen molar-refractivity contribution in [3.05, 3.63) is 33.3 Å². The molecule has 1 aliphatic rings. The van der Waals surface area contributed by atoms with E-state index in [1.807, 2.05) is 7.05 Å². The summed E-state index contributed by atoms with van der Waals surface area (Å²) in [5, 5.41) is 0.583. The van der Waals surface area contributed by atoms with Crippen molar-refractivity contribution in [1.29, 1.82) is 0 Å². The third-order valence-corrected chi connectivity index (χ3v) is 4.89. The highest BCUT2D eigenvalue weighted by Gasteiger charge is 2.29. The highest BCUT2D eigenvalue weighted by Crippen LogP contribution is 2.34. The number of carbonyl (C=O) groups is 1. The average molecular weight is 396 g/mol. The summed E-state index contributed by atoms with van der Waals surface area (Å²) in [5.41, 5.74) is 0.625. The smallest absolute Gasteiger partial charge is 0.254 e. The molecule has 2 nitrogen and oxygen atoms in total. The molecule has 0 aromatic heterocycles. The lowest BCUT2D eigenvalue weighted by Crippen LogP contribution is -2.37. The molecule has 98 valence electrons. The average Bonchev–Trinajstić information content (AvgIpc) is 2.29. The van der Waals surface area contributed by atoms with Crippen molar-refractivity contribution in [3.8, 4) is 0 Å². The maximum atomic E-state index is 12.3. The molecule has 1 fully saturated rings. The topological polar surface area (TPSA) is 20.3 Å². The zero-order valence-corrected chi connectivity index (χ0v) is 13.9. The van der Waals surface area contributed by atoms with E-state index in [9.17, 15) is 4.79 Å². The Labute approximate surface area is 129 Å². The first-order valence-corrected chi connectivity index (χ1v) is 7.90. The first kappa shape index (κ1) is 14.4. The van der Waals surface area contributed by atoms with Gasteiger partial charge < -0.3 is 4.90 Å². The number of benzene rings is 1. The summed E-state index contributed by atoms with van der Waals surface area (Å²) in [5.74, 6) is 0.628. The number of alkyl halides is 1. The van der Waals surface area contributed by atoms with Crippen molar-refractivity contribution in [3.63, 3.8) is 0 Å². The van der Waals surface area contributed by atoms with E-state index in [-0.39, 0.29) is 5.91 Å². The summed E-state index contributed by atoms with van der Waals surface area (Å²) in [4.78, 5) is 14.7. The number of hydrogen-bond donors (Lipinski definition) is 0. The van der Waals surface area contributed by atoms with Gasteiger partial charge in [0.2, 0.25) is 0 Å². The predicted octanol–water partition coefficient (Wildman–Crippen LogP) is 4.35. The van der Waals surface area contributed by atoms with Crippen molar-refractivity contribution in [1.82, 2.24) is 4.90 Å². The minimum Gasteiger partial charge on any atom is -0.341 e. The van der Waals surface area contributed by atoms with E-state index in [1.54, 1.807) is 23.1 Å². The van der Waals surface area contributed by atoms with Crippen LogP contribution in [-0.4, -0.2) is 29.2 Å². The number of nitrogens with zero attached hydrogens (tertiary/aromatic N) is 1. The van der Waals surface area contributed by atoms with Crippen LogP contribution in [0, 0.1) is 5.92 Å². The van der Waals surface area contributed by atoms with Crippen molar-refractivity contribution in [2.45, 2.75) is 17.7 Å². The van der Waals surface area contributed by atoms with Gasteiger partial charge in [-0.15, -0.1) is 0 Å². The van der Waals surface area contributed by atoms with Crippen LogP contribution < -0.4 is 0 Å². The molecular weight excluding hydrogens is 381 g/mol. The molecular formula is C13H14Br2ClNO. The Morgan fingerprint density at radius 1 is 1.50 bits per heavy atom. The monoisotopic (exact) mass is 393 g/mol. The van der Waals surface area contributed by atoms with Gasteiger partial charge in [0, 0.05) is 27.9 Å². The Balaban J connectivity index is 2.03. The van der Waals surface area contributed by atoms with Gasteiger partial charge >= 0.3 is 0 Å². The van der Waals surface area contributed by atoms with Crippen LogP contribution in [0.2, 0.25) is 5.02 Å². The highest BCUT2D eigenvalue weighted by atomic mass is 79.9. The number of rotatable bonds is 3. The van der Waals surface area contributed by atoms with E-state index in [4.69, 9.17) is 11.6 Å². The van der Waals surface area contributed by atoms with Gasteiger partial charge in [0.1, 0.15) is 0 Å². The van der Waals surface area contributed by atoms with E-state index >= 15 is 0 Å². The van der Waals surface area contributed by atoms with E-state index in [1.165, 1.54) is 0 Å². The molecule has 0 unspecified atom stereocenters. The molecule has 0 N–H and O–H groups in total. The van der Waals surface area contributed by atoms with Crippen molar-refractivity contribution in [2.75, 3.05) is 13.6 Å². The molecule has 0 spiro atoms. The van der Waals surface area contributed by atoms with Crippen molar-refractivity contribution in [2.24, 2.45) is 5.92 Å². The van der Waals surface area contributed by atoms with Crippen LogP contribution >= 0.6 is 43.5 Å². The molecule has 2 rings (SSSR count). The Hall–Kier alpha value is -0.0600. The molecule has 1 saturated carbocycles. The van der Waals surface area contributed by atoms with Crippen molar-refractivity contribution < 1.29 is 4.79 Å². The summed E-state index contributed by atoms with van der Waals surface area (Å²) in [6.07, 6.45) is 2.29. The molecule has 0 saturated heterocycles. The van der Waals surface area contributed by atoms with Gasteiger partial charge in [-0.05, 0) is 52.9 Å². The van der Waals surface area contributed by atoms with Crippen LogP contribution in [0.25, 0.3) is 0 Å². The second-order valence-electron chi connectivity index (χ2n) is 4.74. The van der Waals surface area contributed by atoms with Gasteiger partial charge in [-0.2, -0.15) is 0 Å². The molecule has 5 heteroatoms. The third-order valence-electron chi connectivity index (χ3n) is 3.22. The fourth-order valence-corrected chi connectivity index (χ4v) is 3.79. The fourth-order valence-electron chi connectivity index (χ4n) is 2.14. The van der Waals surface area contributed by atoms with E-state index in [2.05, 4.69) is 31.9 Å². The Kier molecular flexibility index (Phi) is 4.73. The minimum atomic E-state index is 0.0161. The molecule has 0 bridgehead atoms. The second kappa shape index (κ2) is 5.93. The fraction of sp³-hybridized carbons (Fsp3) is 0.462. The van der Waals surface area contributed by atoms with Crippen LogP contribution in [-0.2, 0) is 0 Å². The zero-order valence-electron chi connectivity index (χ0n) is 10.00. The van der Waals surface area contributed by atoms with Crippen LogP contribution in [0.5, 0.6) is 0 Å². The lowest BCUT2D eigenvalue weighted by molar-refractivity contribution is 0.0748. The van der Waals surface area contributed by atoms with Crippen LogP contribution in [0.3, 0.4) is 0 Å². The maximum Gasteiger partial charge on any atom is 0.254 e. The Morgan fingerprint density at radius 2 is 2.17 bits per heavy atom. The molecule has 0 atom stereocenters. The van der Waals surface area contributed by atoms with Gasteiger partial charge in [-0.25, -0.2) is 0 Å². The van der Waals surface area contributed by atoms with Crippen LogP contribution in [0.15, 0.2) is 22.7 Å². The summed E-state index contributed by atoms with van der Waals surface area (Å²) in [6.45, 7) is 0.805. The zero-order chi connectivity index (χ0) is 13.3. The number of amides is 1. The quantitative estimate of drug-likeness (QED) is 0.697. The molecule has 1 amide bonds. The maximum absolute atomic E-state index is 12.3. The van der Waals surface area contributed by atoms with Gasteiger partial charge in [-0.1, -0.05) is 27.5 Å². The van der Waals surface area contributed by atoms with Gasteiger partial charge in [0.05, 0.1) is 5.56 Å². The standard InChI is InChI=1S/C13H14Br2ClNO/c1-17(7-8-4-9(14)5-8)13(18)11-6-10(16)2-3-12(11)15/h2-3,6,8-9H,4-5,7H2,1H3. The number of carbonyl (C=O) groups excluding carboxylic acids is 1. The summed E-state index contributed by atoms with van der Waals surface area (Å²) in [7, 11) is 1.84. The third kappa shape index (κ3) is 3.28. The molecule has 0 heterocycles. The molecule has 1 aromatic rings. The normalized spacial score (nSPS) is 22.4. The first-order chi connectivity index (χ1) is 8.47. The lowest BCUT2D eigenvalue weighted by atomic mass is 9.85. The minimum absolute atomic E-state index is 0.0161. The highest BCUT2D eigenvalue weighted by molar-refractivity contribution is 9.10. The largest absolute Gasteiger partial charge is 0.341 e. The predicted molar refractivity (Wildman–Crippen MR) is 81.6 cm³/mol. The molecule has 0 aliphatic heterocycles. The van der Waals surface area contributed by atoms with E-state index in [0.717, 1.165) is 23.9 Å². The molecule has 1 aromatic carbocycles.